The minimum absolute atomic E-state index is 0. The minimum atomic E-state index is -4.69. The average Bonchev–Trinajstić information content (AvgIpc) is 1.19. The Morgan fingerprint density at radius 2 is 1.40 bits per heavy atom. The SMILES string of the molecule is CC(=O)[O-].[Na+].[O-][Cl+3]([O-])([O-])O. The molecule has 6 nitrogen and oxygen atoms in total. The van der Waals surface area contributed by atoms with E-state index >= 15 is 0 Å². The van der Waals surface area contributed by atoms with E-state index in [1.807, 2.05) is 0 Å². The van der Waals surface area contributed by atoms with E-state index in [1.54, 1.807) is 0 Å². The molecule has 0 heterocycles. The molecule has 0 saturated carbocycles. The summed E-state index contributed by atoms with van der Waals surface area (Å²) in [6, 6.07) is 0. The van der Waals surface area contributed by atoms with E-state index in [1.165, 1.54) is 0 Å². The number of carbonyl (C=O) groups excluding carboxylic acids is 1. The first-order valence-electron chi connectivity index (χ1n) is 1.54. The number of aliphatic carboxylic acids is 1. The van der Waals surface area contributed by atoms with Gasteiger partial charge in [-0.05, 0) is 6.92 Å². The third-order valence-electron chi connectivity index (χ3n) is 0. The summed E-state index contributed by atoms with van der Waals surface area (Å²) in [5.74, 6) is -1.08. The number of rotatable bonds is 0. The van der Waals surface area contributed by atoms with Crippen LogP contribution in [-0.4, -0.2) is 10.6 Å². The van der Waals surface area contributed by atoms with Crippen molar-refractivity contribution in [1.82, 2.24) is 0 Å². The molecule has 0 atom stereocenters. The van der Waals surface area contributed by atoms with Gasteiger partial charge in [-0.25, -0.2) is 0 Å². The van der Waals surface area contributed by atoms with Crippen molar-refractivity contribution in [3.8, 4) is 0 Å². The molecule has 0 aliphatic rings. The van der Waals surface area contributed by atoms with E-state index in [2.05, 4.69) is 0 Å². The van der Waals surface area contributed by atoms with Gasteiger partial charge in [0, 0.05) is 5.97 Å². The maximum absolute atomic E-state index is 8.89. The summed E-state index contributed by atoms with van der Waals surface area (Å²) >= 11 is 0. The van der Waals surface area contributed by atoms with Crippen LogP contribution in [0.25, 0.3) is 0 Å². The molecule has 0 radical (unpaired) electrons. The van der Waals surface area contributed by atoms with Gasteiger partial charge in [-0.1, -0.05) is 0 Å². The Labute approximate surface area is 81.1 Å². The van der Waals surface area contributed by atoms with Crippen LogP contribution >= 0.6 is 0 Å². The van der Waals surface area contributed by atoms with Crippen LogP contribution in [0.2, 0.25) is 0 Å². The van der Waals surface area contributed by atoms with Crippen LogP contribution in [0.5, 0.6) is 0 Å². The average molecular weight is 182 g/mol. The van der Waals surface area contributed by atoms with Crippen LogP contribution in [0.15, 0.2) is 0 Å². The molecule has 0 aromatic rings. The Hall–Kier alpha value is 0.600. The number of halogens is 1. The zero-order chi connectivity index (χ0) is 8.08. The van der Waals surface area contributed by atoms with Gasteiger partial charge < -0.3 is 9.90 Å². The fourth-order valence-electron chi connectivity index (χ4n) is 0. The molecule has 0 spiro atoms. The van der Waals surface area contributed by atoms with E-state index in [-0.39, 0.29) is 29.6 Å². The number of carboxylic acids is 1. The molecule has 0 aliphatic heterocycles. The fraction of sp³-hybridized carbons (Fsp3) is 0.500. The van der Waals surface area contributed by atoms with Gasteiger partial charge >= 0.3 is 29.6 Å². The first-order chi connectivity index (χ1) is 3.73. The predicted molar refractivity (Wildman–Crippen MR) is 12.9 cm³/mol. The molecule has 0 bridgehead atoms. The van der Waals surface area contributed by atoms with Gasteiger partial charge in [-0.15, -0.1) is 0 Å². The Morgan fingerprint density at radius 3 is 1.40 bits per heavy atom. The zero-order valence-corrected chi connectivity index (χ0v) is 8.12. The maximum Gasteiger partial charge on any atom is 1.00 e. The largest absolute Gasteiger partial charge is 1.00 e. The van der Waals surface area contributed by atoms with Crippen molar-refractivity contribution in [2.45, 2.75) is 6.92 Å². The molecule has 0 aliphatic carbocycles. The van der Waals surface area contributed by atoms with Crippen LogP contribution in [-0.2, 0) is 4.79 Å². The molecular weight excluding hydrogens is 178 g/mol. The molecular formula is C2H4ClNaO6. The molecule has 56 valence electrons. The summed E-state index contributed by atoms with van der Waals surface area (Å²) in [4.78, 5) is 8.89. The van der Waals surface area contributed by atoms with E-state index in [0.717, 1.165) is 6.92 Å². The van der Waals surface area contributed by atoms with Crippen LogP contribution in [0.3, 0.4) is 0 Å². The quantitative estimate of drug-likeness (QED) is 0.370. The number of carbonyl (C=O) groups is 1. The maximum atomic E-state index is 8.89. The monoisotopic (exact) mass is 182 g/mol. The summed E-state index contributed by atoms with van der Waals surface area (Å²) < 4.78 is 32.7. The summed E-state index contributed by atoms with van der Waals surface area (Å²) in [6.45, 7) is 0.972. The smallest absolute Gasteiger partial charge is 0.550 e. The summed E-state index contributed by atoms with van der Waals surface area (Å²) in [5, 5.41) is 8.89. The molecule has 0 fully saturated rings. The molecule has 0 rings (SSSR count). The van der Waals surface area contributed by atoms with Crippen molar-refractivity contribution >= 4 is 5.97 Å². The minimum Gasteiger partial charge on any atom is -0.550 e. The van der Waals surface area contributed by atoms with Gasteiger partial charge in [0.1, 0.15) is 0 Å². The van der Waals surface area contributed by atoms with Crippen molar-refractivity contribution in [3.63, 3.8) is 0 Å². The van der Waals surface area contributed by atoms with Crippen molar-refractivity contribution in [2.24, 2.45) is 0 Å². The topological polar surface area (TPSA) is 130 Å². The molecule has 10 heavy (non-hydrogen) atoms. The summed E-state index contributed by atoms with van der Waals surface area (Å²) in [6.07, 6.45) is 0. The van der Waals surface area contributed by atoms with Crippen molar-refractivity contribution in [1.29, 1.82) is 0 Å². The van der Waals surface area contributed by atoms with E-state index in [0.29, 0.717) is 0 Å². The predicted octanol–water partition coefficient (Wildman–Crippen LogP) is -8.36. The normalized spacial score (nSPS) is 8.50. The number of hydrogen-bond donors (Lipinski definition) is 1. The van der Waals surface area contributed by atoms with Crippen LogP contribution in [0.1, 0.15) is 6.92 Å². The third-order valence-corrected chi connectivity index (χ3v) is 0. The van der Waals surface area contributed by atoms with Crippen molar-refractivity contribution in [2.75, 3.05) is 0 Å². The molecule has 0 amide bonds. The molecule has 0 saturated heterocycles. The third kappa shape index (κ3) is 1380. The van der Waals surface area contributed by atoms with Gasteiger partial charge in [-0.3, -0.25) is 0 Å². The van der Waals surface area contributed by atoms with Gasteiger partial charge in [0.25, 0.3) is 0 Å². The zero-order valence-electron chi connectivity index (χ0n) is 5.37. The number of carboxylic acid groups (broad SMARTS) is 1. The van der Waals surface area contributed by atoms with Gasteiger partial charge in [0.2, 0.25) is 0 Å². The van der Waals surface area contributed by atoms with E-state index < -0.39 is 16.2 Å². The molecule has 0 aromatic carbocycles. The number of hydrogen-bond acceptors (Lipinski definition) is 6. The van der Waals surface area contributed by atoms with E-state index in [9.17, 15) is 0 Å². The Balaban J connectivity index is -0.0000000910. The van der Waals surface area contributed by atoms with Gasteiger partial charge in [-0.2, -0.15) is 14.0 Å². The fourth-order valence-corrected chi connectivity index (χ4v) is 0. The summed E-state index contributed by atoms with van der Waals surface area (Å²) in [5.41, 5.74) is 0. The molecule has 1 N–H and O–H groups in total. The Kier molecular flexibility index (Phi) is 13.0. The first-order valence-corrected chi connectivity index (χ1v) is 2.80. The Morgan fingerprint density at radius 1 is 1.40 bits per heavy atom. The summed E-state index contributed by atoms with van der Waals surface area (Å²) in [7, 11) is -4.69. The van der Waals surface area contributed by atoms with E-state index in [4.69, 9.17) is 28.5 Å². The van der Waals surface area contributed by atoms with Crippen LogP contribution in [0, 0.1) is 10.2 Å². The molecule has 0 unspecified atom stereocenters. The molecule has 0 aromatic heterocycles. The second kappa shape index (κ2) is 7.70. The van der Waals surface area contributed by atoms with Crippen molar-refractivity contribution in [3.05, 3.63) is 0 Å². The second-order valence-corrected chi connectivity index (χ2v) is 1.68. The van der Waals surface area contributed by atoms with Gasteiger partial charge in [0.05, 0.1) is 14.9 Å². The van der Waals surface area contributed by atoms with Crippen LogP contribution in [0.4, 0.5) is 0 Å². The first kappa shape index (κ1) is 16.9. The second-order valence-electron chi connectivity index (χ2n) is 0.888. The van der Waals surface area contributed by atoms with Crippen molar-refractivity contribution < 1.29 is 68.3 Å². The molecule has 8 heteroatoms. The van der Waals surface area contributed by atoms with Gasteiger partial charge in [0.15, 0.2) is 0 Å². The standard InChI is InChI=1S/C2H4O2.ClHO4.Na/c1-2(3)4;2-1(3,4)5;/h1H3,(H,3,4);(H,2,3,4,5);/q;;+1/p-1. The van der Waals surface area contributed by atoms with Crippen LogP contribution < -0.4 is 48.6 Å². The Bertz CT molecular complexity index is 78.2.